The number of hydrogen-bond donors (Lipinski definition) is 4. The van der Waals surface area contributed by atoms with Crippen molar-refractivity contribution in [3.8, 4) is 0 Å². The van der Waals surface area contributed by atoms with E-state index in [1.54, 1.807) is 0 Å². The molecule has 0 aliphatic rings. The molecule has 0 heterocycles. The van der Waals surface area contributed by atoms with Gasteiger partial charge in [0, 0.05) is 0 Å². The smallest absolute Gasteiger partial charge is 0.151 e. The summed E-state index contributed by atoms with van der Waals surface area (Å²) in [5, 5.41) is 35.9. The molecule has 4 N–H and O–H groups in total. The number of aliphatic hydroxyl groups excluding tert-OH is 4. The van der Waals surface area contributed by atoms with Gasteiger partial charge in [0.25, 0.3) is 0 Å². The Balaban J connectivity index is 4.22. The summed E-state index contributed by atoms with van der Waals surface area (Å²) in [5.41, 5.74) is 0. The number of phosphoric acid groups is 1. The molecule has 10 heteroatoms. The molecule has 0 spiro atoms. The van der Waals surface area contributed by atoms with Crippen molar-refractivity contribution in [3.63, 3.8) is 0 Å². The van der Waals surface area contributed by atoms with Crippen molar-refractivity contribution in [1.29, 1.82) is 0 Å². The summed E-state index contributed by atoms with van der Waals surface area (Å²) >= 11 is 0. The molecule has 4 atom stereocenters. The Morgan fingerprint density at radius 3 is 2.06 bits per heavy atom. The molecule has 0 aromatic heterocycles. The van der Waals surface area contributed by atoms with Crippen LogP contribution < -0.4 is 9.79 Å². The van der Waals surface area contributed by atoms with Gasteiger partial charge in [0.05, 0.1) is 14.4 Å². The van der Waals surface area contributed by atoms with Crippen molar-refractivity contribution in [3.05, 3.63) is 0 Å². The summed E-state index contributed by atoms with van der Waals surface area (Å²) in [6.07, 6.45) is -8.04. The van der Waals surface area contributed by atoms with Crippen molar-refractivity contribution in [1.82, 2.24) is 0 Å². The zero-order chi connectivity index (χ0) is 12.9. The fourth-order valence-corrected chi connectivity index (χ4v) is 1.11. The summed E-state index contributed by atoms with van der Waals surface area (Å²) in [5.74, 6) is 0. The number of aldehydes is 1. The van der Waals surface area contributed by atoms with Crippen LogP contribution >= 0.6 is 7.82 Å². The lowest BCUT2D eigenvalue weighted by Crippen LogP contribution is -2.46. The van der Waals surface area contributed by atoms with Crippen LogP contribution in [-0.2, 0) is 13.9 Å². The molecular formula is C6H11O9P-2. The first-order valence-electron chi connectivity index (χ1n) is 4.03. The Kier molecular flexibility index (Phi) is 6.23. The third-order valence-corrected chi connectivity index (χ3v) is 2.10. The average molecular weight is 258 g/mol. The van der Waals surface area contributed by atoms with E-state index < -0.39 is 38.8 Å². The Bertz CT molecular complexity index is 263. The number of carbonyl (C=O) groups is 1. The van der Waals surface area contributed by atoms with Crippen LogP contribution in [0.25, 0.3) is 0 Å². The summed E-state index contributed by atoms with van der Waals surface area (Å²) < 4.78 is 13.6. The highest BCUT2D eigenvalue weighted by Gasteiger charge is 2.30. The first-order valence-corrected chi connectivity index (χ1v) is 5.49. The number of phosphoric ester groups is 1. The van der Waals surface area contributed by atoms with E-state index in [1.165, 1.54) is 0 Å². The molecule has 0 radical (unpaired) electrons. The second kappa shape index (κ2) is 6.38. The molecule has 0 saturated carbocycles. The van der Waals surface area contributed by atoms with E-state index >= 15 is 0 Å². The van der Waals surface area contributed by atoms with E-state index in [2.05, 4.69) is 4.52 Å². The SMILES string of the molecule is O=C[C@H](O)[C@@H](O)[C@@H](O)[C@H](O)COP(=O)([O-])[O-]. The summed E-state index contributed by atoms with van der Waals surface area (Å²) in [7, 11) is -5.30. The Labute approximate surface area is 90.2 Å². The normalized spacial score (nSPS) is 19.9. The minimum Gasteiger partial charge on any atom is -0.790 e. The third-order valence-electron chi connectivity index (χ3n) is 1.64. The zero-order valence-corrected chi connectivity index (χ0v) is 8.77. The maximum atomic E-state index is 10.0. The number of carbonyl (C=O) groups excluding carboxylic acids is 1. The van der Waals surface area contributed by atoms with Gasteiger partial charge in [-0.05, 0) is 0 Å². The fourth-order valence-electron chi connectivity index (χ4n) is 0.776. The molecule has 0 bridgehead atoms. The molecule has 0 aliphatic carbocycles. The van der Waals surface area contributed by atoms with Crippen molar-refractivity contribution in [2.24, 2.45) is 0 Å². The molecule has 96 valence electrons. The van der Waals surface area contributed by atoms with E-state index in [4.69, 9.17) is 20.4 Å². The molecule has 0 aromatic carbocycles. The standard InChI is InChI=1S/C6H13O9P/c7-1-3(8)5(10)6(11)4(9)2-15-16(12,13)14/h1,3-6,8-11H,2H2,(H2,12,13,14)/p-2/t3-,4+,5+,6-/m0/s1. The highest BCUT2D eigenvalue weighted by Crippen LogP contribution is 2.24. The number of rotatable bonds is 7. The zero-order valence-electron chi connectivity index (χ0n) is 7.87. The van der Waals surface area contributed by atoms with Gasteiger partial charge < -0.3 is 44.1 Å². The fraction of sp³-hybridized carbons (Fsp3) is 0.833. The molecule has 9 nitrogen and oxygen atoms in total. The molecule has 0 saturated heterocycles. The van der Waals surface area contributed by atoms with Crippen LogP contribution in [0.3, 0.4) is 0 Å². The average Bonchev–Trinajstić information content (AvgIpc) is 2.21. The molecular weight excluding hydrogens is 247 g/mol. The monoisotopic (exact) mass is 258 g/mol. The molecule has 0 fully saturated rings. The van der Waals surface area contributed by atoms with Crippen LogP contribution in [-0.4, -0.2) is 57.7 Å². The molecule has 0 amide bonds. The third kappa shape index (κ3) is 5.64. The largest absolute Gasteiger partial charge is 0.790 e. The Morgan fingerprint density at radius 1 is 1.19 bits per heavy atom. The first kappa shape index (κ1) is 15.6. The molecule has 0 rings (SSSR count). The lowest BCUT2D eigenvalue weighted by Gasteiger charge is -2.31. The highest BCUT2D eigenvalue weighted by molar-refractivity contribution is 7.43. The van der Waals surface area contributed by atoms with Crippen molar-refractivity contribution < 1.29 is 44.1 Å². The molecule has 0 unspecified atom stereocenters. The summed E-state index contributed by atoms with van der Waals surface area (Å²) in [6, 6.07) is 0. The number of aliphatic hydroxyl groups is 4. The van der Waals surface area contributed by atoms with Gasteiger partial charge in [0.1, 0.15) is 24.4 Å². The second-order valence-corrected chi connectivity index (χ2v) is 4.07. The minimum atomic E-state index is -5.30. The predicted molar refractivity (Wildman–Crippen MR) is 43.6 cm³/mol. The van der Waals surface area contributed by atoms with Crippen LogP contribution in [0.5, 0.6) is 0 Å². The van der Waals surface area contributed by atoms with E-state index in [9.17, 15) is 19.1 Å². The number of hydrogen-bond acceptors (Lipinski definition) is 9. The minimum absolute atomic E-state index is 0.0897. The van der Waals surface area contributed by atoms with Crippen molar-refractivity contribution in [2.45, 2.75) is 24.4 Å². The quantitative estimate of drug-likeness (QED) is 0.259. The van der Waals surface area contributed by atoms with Gasteiger partial charge in [-0.25, -0.2) is 0 Å². The van der Waals surface area contributed by atoms with Crippen LogP contribution in [0, 0.1) is 0 Å². The Morgan fingerprint density at radius 2 is 1.69 bits per heavy atom. The van der Waals surface area contributed by atoms with Crippen molar-refractivity contribution >= 4 is 14.1 Å². The van der Waals surface area contributed by atoms with Gasteiger partial charge in [-0.1, -0.05) is 0 Å². The van der Waals surface area contributed by atoms with Gasteiger partial charge in [-0.3, -0.25) is 0 Å². The molecule has 16 heavy (non-hydrogen) atoms. The molecule has 0 aliphatic heterocycles. The van der Waals surface area contributed by atoms with Gasteiger partial charge >= 0.3 is 0 Å². The van der Waals surface area contributed by atoms with Crippen LogP contribution in [0.2, 0.25) is 0 Å². The van der Waals surface area contributed by atoms with E-state index in [0.29, 0.717) is 0 Å². The lowest BCUT2D eigenvalue weighted by molar-refractivity contribution is -0.343. The van der Waals surface area contributed by atoms with Gasteiger partial charge in [0.2, 0.25) is 0 Å². The van der Waals surface area contributed by atoms with Crippen LogP contribution in [0.15, 0.2) is 0 Å². The second-order valence-electron chi connectivity index (χ2n) is 2.92. The van der Waals surface area contributed by atoms with Gasteiger partial charge in [-0.15, -0.1) is 0 Å². The van der Waals surface area contributed by atoms with E-state index in [0.717, 1.165) is 0 Å². The highest BCUT2D eigenvalue weighted by atomic mass is 31.2. The van der Waals surface area contributed by atoms with Crippen LogP contribution in [0.4, 0.5) is 0 Å². The maximum absolute atomic E-state index is 10.0. The topological polar surface area (TPSA) is 170 Å². The van der Waals surface area contributed by atoms with Gasteiger partial charge in [0.15, 0.2) is 6.29 Å². The van der Waals surface area contributed by atoms with E-state index in [1.807, 2.05) is 0 Å². The molecule has 0 aromatic rings. The first-order chi connectivity index (χ1) is 7.19. The van der Waals surface area contributed by atoms with E-state index in [-0.39, 0.29) is 6.29 Å². The van der Waals surface area contributed by atoms with Crippen LogP contribution in [0.1, 0.15) is 0 Å². The van der Waals surface area contributed by atoms with Crippen molar-refractivity contribution in [2.75, 3.05) is 6.61 Å². The Hall–Kier alpha value is -0.380. The summed E-state index contributed by atoms with van der Waals surface area (Å²) in [6.45, 7) is -1.09. The lowest BCUT2D eigenvalue weighted by atomic mass is 10.0. The van der Waals surface area contributed by atoms with Gasteiger partial charge in [-0.2, -0.15) is 0 Å². The summed E-state index contributed by atoms with van der Waals surface area (Å²) in [4.78, 5) is 30.0. The maximum Gasteiger partial charge on any atom is 0.151 e. The predicted octanol–water partition coefficient (Wildman–Crippen LogP) is -4.53.